The third kappa shape index (κ3) is 3.99. The topological polar surface area (TPSA) is 52.6 Å². The summed E-state index contributed by atoms with van der Waals surface area (Å²) in [5.74, 6) is 0.115. The number of ether oxygens (including phenoxy) is 2. The minimum atomic E-state index is -0.510. The van der Waals surface area contributed by atoms with E-state index < -0.39 is 11.4 Å². The van der Waals surface area contributed by atoms with Crippen LogP contribution in [-0.2, 0) is 30.9 Å². The second kappa shape index (κ2) is 8.33. The van der Waals surface area contributed by atoms with E-state index in [1.54, 1.807) is 0 Å². The number of hydrogen-bond acceptors (Lipinski definition) is 4. The standard InChI is InChI=1S/C25H34O4/c1-6-22(26)28-14-15-29-23(27)25(5)13-7-12-24(4)20-10-8-18(17(2)3)16-19(20)9-11-21(24)25/h6,8,10,16-17,21H,1,7,9,11-15H2,2-5H3. The fourth-order valence-electron chi connectivity index (χ4n) is 5.62. The van der Waals surface area contributed by atoms with Gasteiger partial charge in [0.1, 0.15) is 13.2 Å². The average Bonchev–Trinajstić information content (AvgIpc) is 2.70. The SMILES string of the molecule is C=CC(=O)OCCOC(=O)C1(C)CCCC2(C)c3ccc(C(C)C)cc3CCC12. The van der Waals surface area contributed by atoms with E-state index in [1.165, 1.54) is 16.7 Å². The molecule has 0 heterocycles. The van der Waals surface area contributed by atoms with Gasteiger partial charge in [-0.3, -0.25) is 4.79 Å². The van der Waals surface area contributed by atoms with Gasteiger partial charge >= 0.3 is 11.9 Å². The Hall–Kier alpha value is -2.10. The van der Waals surface area contributed by atoms with Crippen molar-refractivity contribution < 1.29 is 19.1 Å². The summed E-state index contributed by atoms with van der Waals surface area (Å²) in [5.41, 5.74) is 3.73. The van der Waals surface area contributed by atoms with Crippen LogP contribution < -0.4 is 0 Å². The monoisotopic (exact) mass is 398 g/mol. The first-order valence-electron chi connectivity index (χ1n) is 10.8. The molecule has 0 amide bonds. The van der Waals surface area contributed by atoms with Gasteiger partial charge in [-0.25, -0.2) is 4.79 Å². The van der Waals surface area contributed by atoms with Gasteiger partial charge in [0.25, 0.3) is 0 Å². The summed E-state index contributed by atoms with van der Waals surface area (Å²) in [7, 11) is 0. The van der Waals surface area contributed by atoms with Crippen molar-refractivity contribution in [2.24, 2.45) is 11.3 Å². The molecule has 0 bridgehead atoms. The van der Waals surface area contributed by atoms with Crippen molar-refractivity contribution in [1.82, 2.24) is 0 Å². The Balaban J connectivity index is 1.78. The molecule has 3 rings (SSSR count). The molecule has 2 aliphatic carbocycles. The van der Waals surface area contributed by atoms with Crippen LogP contribution in [0.3, 0.4) is 0 Å². The maximum absolute atomic E-state index is 13.1. The highest BCUT2D eigenvalue weighted by Crippen LogP contribution is 2.57. The van der Waals surface area contributed by atoms with Gasteiger partial charge in [-0.15, -0.1) is 0 Å². The van der Waals surface area contributed by atoms with E-state index in [9.17, 15) is 9.59 Å². The zero-order chi connectivity index (χ0) is 21.2. The summed E-state index contributed by atoms with van der Waals surface area (Å²) in [5, 5.41) is 0. The van der Waals surface area contributed by atoms with Gasteiger partial charge in [0.05, 0.1) is 5.41 Å². The molecule has 0 aliphatic heterocycles. The smallest absolute Gasteiger partial charge is 0.330 e. The Morgan fingerprint density at radius 3 is 2.62 bits per heavy atom. The molecule has 4 heteroatoms. The molecule has 158 valence electrons. The zero-order valence-corrected chi connectivity index (χ0v) is 18.3. The number of aryl methyl sites for hydroxylation is 1. The molecule has 0 spiro atoms. The summed E-state index contributed by atoms with van der Waals surface area (Å²) in [6.45, 7) is 12.4. The quantitative estimate of drug-likeness (QED) is 0.380. The molecule has 2 aliphatic rings. The van der Waals surface area contributed by atoms with E-state index >= 15 is 0 Å². The molecular formula is C25H34O4. The maximum atomic E-state index is 13.1. The Morgan fingerprint density at radius 2 is 1.93 bits per heavy atom. The van der Waals surface area contributed by atoms with Crippen molar-refractivity contribution in [1.29, 1.82) is 0 Å². The Labute approximate surface area is 174 Å². The molecule has 1 saturated carbocycles. The molecule has 0 saturated heterocycles. The molecule has 1 aromatic carbocycles. The molecule has 3 unspecified atom stereocenters. The van der Waals surface area contributed by atoms with Gasteiger partial charge in [-0.2, -0.15) is 0 Å². The van der Waals surface area contributed by atoms with Crippen LogP contribution in [0, 0.1) is 11.3 Å². The number of hydrogen-bond donors (Lipinski definition) is 0. The molecule has 1 fully saturated rings. The van der Waals surface area contributed by atoms with Gasteiger partial charge in [0, 0.05) is 6.08 Å². The summed E-state index contributed by atoms with van der Waals surface area (Å²) >= 11 is 0. The van der Waals surface area contributed by atoms with E-state index in [-0.39, 0.29) is 30.5 Å². The van der Waals surface area contributed by atoms with Crippen LogP contribution in [0.5, 0.6) is 0 Å². The number of esters is 2. The van der Waals surface area contributed by atoms with E-state index in [0.717, 1.165) is 38.2 Å². The van der Waals surface area contributed by atoms with E-state index in [1.807, 2.05) is 0 Å². The summed E-state index contributed by atoms with van der Waals surface area (Å²) < 4.78 is 10.5. The fraction of sp³-hybridized carbons (Fsp3) is 0.600. The highest BCUT2D eigenvalue weighted by molar-refractivity contribution is 5.81. The summed E-state index contributed by atoms with van der Waals surface area (Å²) in [4.78, 5) is 24.3. The van der Waals surface area contributed by atoms with Crippen molar-refractivity contribution in [2.75, 3.05) is 13.2 Å². The molecule has 3 atom stereocenters. The third-order valence-electron chi connectivity index (χ3n) is 7.24. The second-order valence-corrected chi connectivity index (χ2v) is 9.36. The van der Waals surface area contributed by atoms with Crippen molar-refractivity contribution in [3.63, 3.8) is 0 Å². The predicted molar refractivity (Wildman–Crippen MR) is 114 cm³/mol. The molecule has 1 aromatic rings. The van der Waals surface area contributed by atoms with E-state index in [2.05, 4.69) is 52.5 Å². The van der Waals surface area contributed by atoms with Crippen molar-refractivity contribution >= 4 is 11.9 Å². The molecule has 4 nitrogen and oxygen atoms in total. The first-order chi connectivity index (χ1) is 13.7. The molecule has 0 N–H and O–H groups in total. The van der Waals surface area contributed by atoms with Gasteiger partial charge in [0.15, 0.2) is 0 Å². The molecule has 0 aromatic heterocycles. The maximum Gasteiger partial charge on any atom is 0.330 e. The fourth-order valence-corrected chi connectivity index (χ4v) is 5.62. The summed E-state index contributed by atoms with van der Waals surface area (Å²) in [6, 6.07) is 6.94. The molecular weight excluding hydrogens is 364 g/mol. The minimum Gasteiger partial charge on any atom is -0.462 e. The Morgan fingerprint density at radius 1 is 1.21 bits per heavy atom. The highest BCUT2D eigenvalue weighted by atomic mass is 16.6. The Bertz CT molecular complexity index is 796. The van der Waals surface area contributed by atoms with Crippen LogP contribution in [0.25, 0.3) is 0 Å². The van der Waals surface area contributed by atoms with Gasteiger partial charge in [0.2, 0.25) is 0 Å². The minimum absolute atomic E-state index is 0.00951. The number of benzene rings is 1. The van der Waals surface area contributed by atoms with Gasteiger partial charge in [-0.05, 0) is 66.5 Å². The number of fused-ring (bicyclic) bond motifs is 3. The first-order valence-corrected chi connectivity index (χ1v) is 10.8. The van der Waals surface area contributed by atoms with Crippen LogP contribution in [0.1, 0.15) is 76.0 Å². The average molecular weight is 399 g/mol. The highest BCUT2D eigenvalue weighted by Gasteiger charge is 2.55. The lowest BCUT2D eigenvalue weighted by Crippen LogP contribution is -2.53. The summed E-state index contributed by atoms with van der Waals surface area (Å²) in [6.07, 6.45) is 6.08. The lowest BCUT2D eigenvalue weighted by Gasteiger charge is -2.54. The van der Waals surface area contributed by atoms with Crippen molar-refractivity contribution in [3.05, 3.63) is 47.5 Å². The van der Waals surface area contributed by atoms with Crippen LogP contribution in [-0.4, -0.2) is 25.2 Å². The lowest BCUT2D eigenvalue weighted by molar-refractivity contribution is -0.167. The molecule has 0 radical (unpaired) electrons. The van der Waals surface area contributed by atoms with Crippen LogP contribution in [0.15, 0.2) is 30.9 Å². The zero-order valence-electron chi connectivity index (χ0n) is 18.3. The first kappa shape index (κ1) is 21.6. The van der Waals surface area contributed by atoms with Crippen LogP contribution in [0.2, 0.25) is 0 Å². The number of carbonyl (C=O) groups excluding carboxylic acids is 2. The van der Waals surface area contributed by atoms with E-state index in [0.29, 0.717) is 5.92 Å². The number of carbonyl (C=O) groups is 2. The predicted octanol–water partition coefficient (Wildman–Crippen LogP) is 5.09. The van der Waals surface area contributed by atoms with Crippen molar-refractivity contribution in [2.45, 2.75) is 71.1 Å². The normalized spacial score (nSPS) is 28.2. The Kier molecular flexibility index (Phi) is 6.21. The van der Waals surface area contributed by atoms with Crippen LogP contribution in [0.4, 0.5) is 0 Å². The van der Waals surface area contributed by atoms with Crippen molar-refractivity contribution in [3.8, 4) is 0 Å². The largest absolute Gasteiger partial charge is 0.462 e. The lowest BCUT2D eigenvalue weighted by atomic mass is 9.49. The van der Waals surface area contributed by atoms with Gasteiger partial charge < -0.3 is 9.47 Å². The third-order valence-corrected chi connectivity index (χ3v) is 7.24. The van der Waals surface area contributed by atoms with Crippen LogP contribution >= 0.6 is 0 Å². The molecule has 29 heavy (non-hydrogen) atoms. The number of rotatable bonds is 6. The van der Waals surface area contributed by atoms with E-state index in [4.69, 9.17) is 9.47 Å². The van der Waals surface area contributed by atoms with Gasteiger partial charge in [-0.1, -0.05) is 52.0 Å². The second-order valence-electron chi connectivity index (χ2n) is 9.36.